The normalized spacial score (nSPS) is 11.2. The summed E-state index contributed by atoms with van der Waals surface area (Å²) in [5, 5.41) is 12.4. The summed E-state index contributed by atoms with van der Waals surface area (Å²) in [5.41, 5.74) is 2.35. The van der Waals surface area contributed by atoms with Crippen LogP contribution < -0.4 is 15.5 Å². The van der Waals surface area contributed by atoms with Crippen LogP contribution in [-0.2, 0) is 13.0 Å². The lowest BCUT2D eigenvalue weighted by atomic mass is 10.0. The molecule has 0 saturated heterocycles. The third kappa shape index (κ3) is 6.07. The Hall–Kier alpha value is -1.87. The molecule has 0 aliphatic carbocycles. The van der Waals surface area contributed by atoms with Gasteiger partial charge in [0.05, 0.1) is 12.2 Å². The summed E-state index contributed by atoms with van der Waals surface area (Å²) in [4.78, 5) is 11.3. The fraction of sp³-hybridized carbons (Fsp3) is 0.333. The van der Waals surface area contributed by atoms with Crippen molar-refractivity contribution in [3.05, 3.63) is 59.1 Å². The zero-order valence-electron chi connectivity index (χ0n) is 16.6. The maximum atomic E-state index is 4.67. The van der Waals surface area contributed by atoms with Gasteiger partial charge in [-0.2, -0.15) is 0 Å². The van der Waals surface area contributed by atoms with Gasteiger partial charge in [-0.3, -0.25) is 0 Å². The third-order valence-electron chi connectivity index (χ3n) is 4.23. The number of nitrogens with zero attached hydrogens (tertiary/aromatic N) is 3. The molecule has 2 aromatic carbocycles. The molecule has 0 aliphatic heterocycles. The number of nitrogens with one attached hydrogen (secondary N) is 2. The Morgan fingerprint density at radius 2 is 1.89 bits per heavy atom. The van der Waals surface area contributed by atoms with Gasteiger partial charge in [-0.25, -0.2) is 9.98 Å². The second-order valence-corrected chi connectivity index (χ2v) is 7.36. The van der Waals surface area contributed by atoms with Crippen LogP contribution in [0.25, 0.3) is 10.8 Å². The Balaban J connectivity index is 0.00000280. The van der Waals surface area contributed by atoms with E-state index in [1.165, 1.54) is 16.3 Å². The Morgan fingerprint density at radius 1 is 1.11 bits per heavy atom. The summed E-state index contributed by atoms with van der Waals surface area (Å²) < 4.78 is 0. The number of hydrogen-bond acceptors (Lipinski definition) is 4. The topological polar surface area (TPSA) is 52.6 Å². The van der Waals surface area contributed by atoms with E-state index in [0.717, 1.165) is 36.3 Å². The molecule has 0 aliphatic rings. The highest BCUT2D eigenvalue weighted by atomic mass is 127. The van der Waals surface area contributed by atoms with Gasteiger partial charge in [0, 0.05) is 32.6 Å². The van der Waals surface area contributed by atoms with Crippen LogP contribution in [0.1, 0.15) is 18.2 Å². The van der Waals surface area contributed by atoms with Gasteiger partial charge in [0.15, 0.2) is 11.1 Å². The van der Waals surface area contributed by atoms with Crippen molar-refractivity contribution in [1.82, 2.24) is 15.6 Å². The van der Waals surface area contributed by atoms with Crippen molar-refractivity contribution in [3.8, 4) is 0 Å². The molecular formula is C21H28IN5S. The number of halogens is 1. The average molecular weight is 509 g/mol. The van der Waals surface area contributed by atoms with E-state index in [0.29, 0.717) is 6.54 Å². The molecule has 7 heteroatoms. The number of fused-ring (bicyclic) bond motifs is 1. The Bertz CT molecular complexity index is 901. The molecule has 0 bridgehead atoms. The van der Waals surface area contributed by atoms with Crippen molar-refractivity contribution < 1.29 is 0 Å². The second-order valence-electron chi connectivity index (χ2n) is 6.53. The van der Waals surface area contributed by atoms with Crippen molar-refractivity contribution in [3.63, 3.8) is 0 Å². The standard InChI is InChI=1S/C21H27N5S.HI/c1-4-22-20(24-14-18-15-27-21(25-18)26(2)3)23-13-12-17-10-7-9-16-8-5-6-11-19(16)17;/h5-11,15H,4,12-14H2,1-3H3,(H2,22,23,24);1H. The van der Waals surface area contributed by atoms with Crippen LogP contribution in [0.5, 0.6) is 0 Å². The first kappa shape index (κ1) is 22.4. The minimum absolute atomic E-state index is 0. The van der Waals surface area contributed by atoms with Gasteiger partial charge in [-0.05, 0) is 29.7 Å². The van der Waals surface area contributed by atoms with Gasteiger partial charge in [0.2, 0.25) is 0 Å². The third-order valence-corrected chi connectivity index (χ3v) is 5.29. The summed E-state index contributed by atoms with van der Waals surface area (Å²) in [5.74, 6) is 0.831. The molecule has 0 radical (unpaired) electrons. The highest BCUT2D eigenvalue weighted by molar-refractivity contribution is 14.0. The quantitative estimate of drug-likeness (QED) is 0.284. The monoisotopic (exact) mass is 509 g/mol. The maximum absolute atomic E-state index is 4.67. The largest absolute Gasteiger partial charge is 0.357 e. The first-order valence-corrected chi connectivity index (χ1v) is 10.2. The summed E-state index contributed by atoms with van der Waals surface area (Å²) in [6, 6.07) is 15.0. The molecule has 0 atom stereocenters. The lowest BCUT2D eigenvalue weighted by Gasteiger charge is -2.12. The highest BCUT2D eigenvalue weighted by Crippen LogP contribution is 2.19. The molecule has 3 rings (SSSR count). The Kier molecular flexibility index (Phi) is 8.98. The van der Waals surface area contributed by atoms with Crippen LogP contribution in [0.4, 0.5) is 5.13 Å². The minimum Gasteiger partial charge on any atom is -0.357 e. The number of anilines is 1. The molecule has 150 valence electrons. The number of benzene rings is 2. The van der Waals surface area contributed by atoms with E-state index in [9.17, 15) is 0 Å². The molecule has 5 nitrogen and oxygen atoms in total. The van der Waals surface area contributed by atoms with Gasteiger partial charge in [0.25, 0.3) is 0 Å². The summed E-state index contributed by atoms with van der Waals surface area (Å²) in [6.07, 6.45) is 0.952. The molecule has 0 unspecified atom stereocenters. The van der Waals surface area contributed by atoms with E-state index in [4.69, 9.17) is 0 Å². The van der Waals surface area contributed by atoms with E-state index >= 15 is 0 Å². The molecule has 0 amide bonds. The van der Waals surface area contributed by atoms with Crippen LogP contribution in [0.3, 0.4) is 0 Å². The fourth-order valence-corrected chi connectivity index (χ4v) is 3.65. The Labute approximate surface area is 188 Å². The lowest BCUT2D eigenvalue weighted by molar-refractivity contribution is 0.799. The summed E-state index contributed by atoms with van der Waals surface area (Å²) in [7, 11) is 4.01. The number of thiazole rings is 1. The van der Waals surface area contributed by atoms with E-state index < -0.39 is 0 Å². The lowest BCUT2D eigenvalue weighted by Crippen LogP contribution is -2.38. The van der Waals surface area contributed by atoms with Gasteiger partial charge >= 0.3 is 0 Å². The number of hydrogen-bond donors (Lipinski definition) is 2. The fourth-order valence-electron chi connectivity index (χ4n) is 2.90. The summed E-state index contributed by atoms with van der Waals surface area (Å²) >= 11 is 1.64. The van der Waals surface area contributed by atoms with Gasteiger partial charge < -0.3 is 15.5 Å². The van der Waals surface area contributed by atoms with E-state index in [1.54, 1.807) is 11.3 Å². The van der Waals surface area contributed by atoms with Crippen molar-refractivity contribution in [1.29, 1.82) is 0 Å². The maximum Gasteiger partial charge on any atom is 0.191 e. The first-order valence-electron chi connectivity index (χ1n) is 9.28. The zero-order chi connectivity index (χ0) is 19.1. The molecule has 3 aromatic rings. The molecule has 2 N–H and O–H groups in total. The van der Waals surface area contributed by atoms with E-state index in [2.05, 4.69) is 75.4 Å². The van der Waals surface area contributed by atoms with Crippen molar-refractivity contribution in [2.24, 2.45) is 4.99 Å². The molecule has 0 fully saturated rings. The van der Waals surface area contributed by atoms with Crippen LogP contribution in [-0.4, -0.2) is 38.1 Å². The van der Waals surface area contributed by atoms with Crippen LogP contribution in [0, 0.1) is 0 Å². The zero-order valence-corrected chi connectivity index (χ0v) is 19.8. The van der Waals surface area contributed by atoms with Crippen LogP contribution >= 0.6 is 35.3 Å². The van der Waals surface area contributed by atoms with Crippen molar-refractivity contribution >= 4 is 57.2 Å². The van der Waals surface area contributed by atoms with Crippen molar-refractivity contribution in [2.75, 3.05) is 32.1 Å². The van der Waals surface area contributed by atoms with Crippen LogP contribution in [0.15, 0.2) is 52.8 Å². The summed E-state index contributed by atoms with van der Waals surface area (Å²) in [6.45, 7) is 4.32. The number of rotatable bonds is 7. The van der Waals surface area contributed by atoms with Gasteiger partial charge in [0.1, 0.15) is 0 Å². The van der Waals surface area contributed by atoms with Gasteiger partial charge in [-0.15, -0.1) is 35.3 Å². The average Bonchev–Trinajstić information content (AvgIpc) is 3.16. The Morgan fingerprint density at radius 3 is 2.64 bits per heavy atom. The molecular weight excluding hydrogens is 481 g/mol. The molecule has 0 spiro atoms. The molecule has 28 heavy (non-hydrogen) atoms. The van der Waals surface area contributed by atoms with Gasteiger partial charge in [-0.1, -0.05) is 42.5 Å². The second kappa shape index (κ2) is 11.2. The number of aromatic nitrogens is 1. The highest BCUT2D eigenvalue weighted by Gasteiger charge is 2.05. The minimum atomic E-state index is 0. The van der Waals surface area contributed by atoms with Crippen molar-refractivity contribution in [2.45, 2.75) is 19.9 Å². The molecule has 1 aromatic heterocycles. The predicted molar refractivity (Wildman–Crippen MR) is 132 cm³/mol. The first-order chi connectivity index (χ1) is 13.2. The predicted octanol–water partition coefficient (Wildman–Crippen LogP) is 4.28. The molecule has 0 saturated carbocycles. The smallest absolute Gasteiger partial charge is 0.191 e. The number of aliphatic imine (C=N–C) groups is 1. The molecule has 1 heterocycles. The van der Waals surface area contributed by atoms with E-state index in [1.807, 2.05) is 19.0 Å². The SMILES string of the molecule is CCNC(=NCc1csc(N(C)C)n1)NCCc1cccc2ccccc12.I. The van der Waals surface area contributed by atoms with E-state index in [-0.39, 0.29) is 24.0 Å². The van der Waals surface area contributed by atoms with Crippen LogP contribution in [0.2, 0.25) is 0 Å². The number of guanidine groups is 1.